The molecule has 5 rings (SSSR count). The zero-order valence-corrected chi connectivity index (χ0v) is 18.4. The molecule has 192 valence electrons. The summed E-state index contributed by atoms with van der Waals surface area (Å²) in [6, 6.07) is 6.12. The van der Waals surface area contributed by atoms with Crippen molar-refractivity contribution >= 4 is 17.4 Å². The van der Waals surface area contributed by atoms with Crippen LogP contribution in [0.5, 0.6) is 0 Å². The molecule has 1 atom stereocenters. The van der Waals surface area contributed by atoms with Crippen molar-refractivity contribution in [3.8, 4) is 0 Å². The minimum Gasteiger partial charge on any atom is -0.368 e. The summed E-state index contributed by atoms with van der Waals surface area (Å²) in [7, 11) is 0. The number of aromatic nitrogens is 3. The van der Waals surface area contributed by atoms with Crippen LogP contribution < -0.4 is 10.6 Å². The molecule has 2 saturated heterocycles. The molecule has 0 unspecified atom stereocenters. The first-order valence-corrected chi connectivity index (χ1v) is 10.9. The standard InChI is InChI=1S/C22H19F7N6O/c23-13-3-1-12(2-4-13)14(34-10-20(11-34)7-19(36)31-9-20)8-30-17-5-15(21(24,25)26)32-18-6-16(22(27,28)29)33-35(17)18/h1-6,14,30H,7-11H2,(H,31,36)/t14-/m1/s1. The Bertz CT molecular complexity index is 1300. The first kappa shape index (κ1) is 24.3. The van der Waals surface area contributed by atoms with Gasteiger partial charge in [-0.15, -0.1) is 0 Å². The number of likely N-dealkylation sites (tertiary alicyclic amines) is 1. The van der Waals surface area contributed by atoms with Crippen LogP contribution in [-0.4, -0.2) is 51.6 Å². The number of benzene rings is 1. The summed E-state index contributed by atoms with van der Waals surface area (Å²) in [4.78, 5) is 17.0. The highest BCUT2D eigenvalue weighted by Gasteiger charge is 2.50. The number of amides is 1. The molecule has 0 radical (unpaired) electrons. The van der Waals surface area contributed by atoms with E-state index in [0.717, 1.165) is 0 Å². The van der Waals surface area contributed by atoms with Crippen molar-refractivity contribution in [3.05, 3.63) is 59.2 Å². The van der Waals surface area contributed by atoms with Crippen molar-refractivity contribution in [1.29, 1.82) is 0 Å². The molecule has 3 aromatic rings. The Morgan fingerprint density at radius 2 is 1.69 bits per heavy atom. The predicted molar refractivity (Wildman–Crippen MR) is 112 cm³/mol. The number of fused-ring (bicyclic) bond motifs is 1. The van der Waals surface area contributed by atoms with Gasteiger partial charge in [0.15, 0.2) is 17.0 Å². The average molecular weight is 516 g/mol. The van der Waals surface area contributed by atoms with Gasteiger partial charge in [0, 0.05) is 50.1 Å². The summed E-state index contributed by atoms with van der Waals surface area (Å²) in [6.07, 6.45) is -9.43. The summed E-state index contributed by atoms with van der Waals surface area (Å²) in [5, 5.41) is 8.98. The molecular formula is C22H19F7N6O. The highest BCUT2D eigenvalue weighted by Crippen LogP contribution is 2.41. The summed E-state index contributed by atoms with van der Waals surface area (Å²) >= 11 is 0. The van der Waals surface area contributed by atoms with E-state index in [0.29, 0.717) is 48.3 Å². The number of alkyl halides is 6. The van der Waals surface area contributed by atoms with Crippen LogP contribution in [0, 0.1) is 11.2 Å². The van der Waals surface area contributed by atoms with Crippen molar-refractivity contribution in [2.75, 3.05) is 31.5 Å². The molecule has 14 heteroatoms. The quantitative estimate of drug-likeness (QED) is 0.504. The topological polar surface area (TPSA) is 74.6 Å². The van der Waals surface area contributed by atoms with Crippen LogP contribution >= 0.6 is 0 Å². The summed E-state index contributed by atoms with van der Waals surface area (Å²) in [5.74, 6) is -0.870. The van der Waals surface area contributed by atoms with Gasteiger partial charge in [0.05, 0.1) is 6.04 Å². The number of rotatable bonds is 5. The van der Waals surface area contributed by atoms with E-state index in [9.17, 15) is 35.5 Å². The third kappa shape index (κ3) is 4.56. The molecule has 0 bridgehead atoms. The minimum absolute atomic E-state index is 0.0271. The van der Waals surface area contributed by atoms with Gasteiger partial charge in [0.2, 0.25) is 5.91 Å². The molecule has 2 aromatic heterocycles. The van der Waals surface area contributed by atoms with Gasteiger partial charge in [0.1, 0.15) is 11.6 Å². The fourth-order valence-corrected chi connectivity index (χ4v) is 4.74. The molecule has 1 amide bonds. The first-order valence-electron chi connectivity index (χ1n) is 10.9. The van der Waals surface area contributed by atoms with Gasteiger partial charge in [0.25, 0.3) is 0 Å². The fourth-order valence-electron chi connectivity index (χ4n) is 4.74. The van der Waals surface area contributed by atoms with Gasteiger partial charge in [-0.25, -0.2) is 9.37 Å². The molecule has 0 aliphatic carbocycles. The van der Waals surface area contributed by atoms with Gasteiger partial charge in [-0.05, 0) is 17.7 Å². The maximum absolute atomic E-state index is 13.5. The Morgan fingerprint density at radius 1 is 1.03 bits per heavy atom. The third-order valence-electron chi connectivity index (χ3n) is 6.45. The van der Waals surface area contributed by atoms with Gasteiger partial charge in [-0.3, -0.25) is 9.69 Å². The fraction of sp³-hybridized carbons (Fsp3) is 0.409. The van der Waals surface area contributed by atoms with Gasteiger partial charge < -0.3 is 10.6 Å². The Hall–Kier alpha value is -3.42. The lowest BCUT2D eigenvalue weighted by atomic mass is 9.77. The molecular weight excluding hydrogens is 497 g/mol. The summed E-state index contributed by atoms with van der Waals surface area (Å²) < 4.78 is 94.0. The Balaban J connectivity index is 1.46. The SMILES string of the molecule is O=C1CC2(CN1)CN([C@H](CNc1cc(C(F)(F)F)nc3cc(C(F)(F)F)nn13)c1ccc(F)cc1)C2. The van der Waals surface area contributed by atoms with Crippen LogP contribution in [0.3, 0.4) is 0 Å². The molecule has 1 spiro atoms. The molecule has 36 heavy (non-hydrogen) atoms. The van der Waals surface area contributed by atoms with E-state index in [1.54, 1.807) is 0 Å². The number of halogens is 7. The predicted octanol–water partition coefficient (Wildman–Crippen LogP) is 3.88. The van der Waals surface area contributed by atoms with E-state index < -0.39 is 41.2 Å². The van der Waals surface area contributed by atoms with Crippen LogP contribution in [-0.2, 0) is 17.1 Å². The Morgan fingerprint density at radius 3 is 2.28 bits per heavy atom. The largest absolute Gasteiger partial charge is 0.435 e. The van der Waals surface area contributed by atoms with Crippen molar-refractivity contribution in [1.82, 2.24) is 24.8 Å². The molecule has 0 saturated carbocycles. The second kappa shape index (κ2) is 8.32. The number of anilines is 1. The Labute approximate surface area is 199 Å². The second-order valence-corrected chi connectivity index (χ2v) is 9.13. The molecule has 2 aliphatic heterocycles. The van der Waals surface area contributed by atoms with E-state index in [4.69, 9.17) is 0 Å². The lowest BCUT2D eigenvalue weighted by Gasteiger charge is -2.51. The number of hydrogen-bond donors (Lipinski definition) is 2. The number of nitrogens with zero attached hydrogens (tertiary/aromatic N) is 4. The summed E-state index contributed by atoms with van der Waals surface area (Å²) in [5.41, 5.74) is -2.98. The molecule has 4 heterocycles. The van der Waals surface area contributed by atoms with Crippen LogP contribution in [0.4, 0.5) is 36.6 Å². The average Bonchev–Trinajstić information content (AvgIpc) is 3.38. The third-order valence-corrected chi connectivity index (χ3v) is 6.45. The zero-order valence-electron chi connectivity index (χ0n) is 18.4. The number of hydrogen-bond acceptors (Lipinski definition) is 5. The molecule has 1 aromatic carbocycles. The smallest absolute Gasteiger partial charge is 0.368 e. The number of carbonyl (C=O) groups is 1. The lowest BCUT2D eigenvalue weighted by Crippen LogP contribution is -2.59. The Kier molecular flexibility index (Phi) is 5.61. The van der Waals surface area contributed by atoms with Crippen molar-refractivity contribution < 1.29 is 35.5 Å². The number of nitrogens with one attached hydrogen (secondary N) is 2. The molecule has 2 fully saturated rings. The molecule has 2 N–H and O–H groups in total. The van der Waals surface area contributed by atoms with Crippen molar-refractivity contribution in [2.24, 2.45) is 5.41 Å². The van der Waals surface area contributed by atoms with E-state index >= 15 is 0 Å². The first-order chi connectivity index (χ1) is 16.8. The highest BCUT2D eigenvalue weighted by molar-refractivity contribution is 5.79. The monoisotopic (exact) mass is 516 g/mol. The van der Waals surface area contributed by atoms with Gasteiger partial charge in [-0.1, -0.05) is 12.1 Å². The van der Waals surface area contributed by atoms with Gasteiger partial charge in [-0.2, -0.15) is 36.0 Å². The van der Waals surface area contributed by atoms with Crippen LogP contribution in [0.1, 0.15) is 29.4 Å². The van der Waals surface area contributed by atoms with E-state index in [1.165, 1.54) is 24.3 Å². The van der Waals surface area contributed by atoms with Gasteiger partial charge >= 0.3 is 12.4 Å². The van der Waals surface area contributed by atoms with E-state index in [2.05, 4.69) is 20.7 Å². The van der Waals surface area contributed by atoms with Crippen LogP contribution in [0.2, 0.25) is 0 Å². The maximum atomic E-state index is 13.5. The lowest BCUT2D eigenvalue weighted by molar-refractivity contribution is -0.142. The zero-order chi connectivity index (χ0) is 25.9. The number of carbonyl (C=O) groups excluding carboxylic acids is 1. The summed E-state index contributed by atoms with van der Waals surface area (Å²) in [6.45, 7) is 1.49. The highest BCUT2D eigenvalue weighted by atomic mass is 19.4. The van der Waals surface area contributed by atoms with E-state index in [-0.39, 0.29) is 23.7 Å². The second-order valence-electron chi connectivity index (χ2n) is 9.13. The molecule has 2 aliphatic rings. The normalized spacial score (nSPS) is 18.9. The van der Waals surface area contributed by atoms with Crippen molar-refractivity contribution in [3.63, 3.8) is 0 Å². The van der Waals surface area contributed by atoms with Crippen LogP contribution in [0.15, 0.2) is 36.4 Å². The van der Waals surface area contributed by atoms with Crippen molar-refractivity contribution in [2.45, 2.75) is 24.8 Å². The molecule has 7 nitrogen and oxygen atoms in total. The maximum Gasteiger partial charge on any atom is 0.435 e. The van der Waals surface area contributed by atoms with Crippen LogP contribution in [0.25, 0.3) is 5.65 Å². The minimum atomic E-state index is -4.90. The van der Waals surface area contributed by atoms with E-state index in [1.807, 2.05) is 4.90 Å².